The summed E-state index contributed by atoms with van der Waals surface area (Å²) in [6.45, 7) is 5.17. The summed E-state index contributed by atoms with van der Waals surface area (Å²) >= 11 is 0. The molecule has 2 bridgehead atoms. The molecule has 3 unspecified atom stereocenters. The minimum Gasteiger partial charge on any atom is -0.395 e. The molecular weight excluding hydrogens is 252 g/mol. The molecule has 5 nitrogen and oxygen atoms in total. The van der Waals surface area contributed by atoms with Crippen LogP contribution in [0.1, 0.15) is 25.7 Å². The third-order valence-corrected chi connectivity index (χ3v) is 5.39. The zero-order valence-electron chi connectivity index (χ0n) is 12.6. The Morgan fingerprint density at radius 3 is 2.55 bits per heavy atom. The fourth-order valence-electron chi connectivity index (χ4n) is 4.42. The van der Waals surface area contributed by atoms with E-state index >= 15 is 0 Å². The van der Waals surface area contributed by atoms with E-state index in [9.17, 15) is 0 Å². The molecule has 0 aromatic rings. The van der Waals surface area contributed by atoms with Gasteiger partial charge in [-0.15, -0.1) is 0 Å². The molecule has 1 heterocycles. The van der Waals surface area contributed by atoms with Gasteiger partial charge in [0.15, 0.2) is 5.96 Å². The molecule has 3 rings (SSSR count). The molecular formula is C15H28N4O. The van der Waals surface area contributed by atoms with Gasteiger partial charge >= 0.3 is 0 Å². The number of aliphatic hydroxyl groups excluding tert-OH is 1. The predicted octanol–water partition coefficient (Wildman–Crippen LogP) is 0.360. The van der Waals surface area contributed by atoms with Crippen LogP contribution in [0, 0.1) is 11.8 Å². The highest BCUT2D eigenvalue weighted by atomic mass is 16.3. The number of guanidine groups is 1. The summed E-state index contributed by atoms with van der Waals surface area (Å²) in [7, 11) is 1.82. The van der Waals surface area contributed by atoms with Gasteiger partial charge in [0.05, 0.1) is 6.61 Å². The molecule has 114 valence electrons. The molecule has 20 heavy (non-hydrogen) atoms. The van der Waals surface area contributed by atoms with Gasteiger partial charge in [0.25, 0.3) is 0 Å². The van der Waals surface area contributed by atoms with Crippen LogP contribution in [-0.2, 0) is 0 Å². The lowest BCUT2D eigenvalue weighted by molar-refractivity contribution is 0.0957. The van der Waals surface area contributed by atoms with Gasteiger partial charge in [-0.25, -0.2) is 0 Å². The SMILES string of the molecule is CN=C(NCCO)N1CCN(C2CC3CCC2C3)CC1. The third-order valence-electron chi connectivity index (χ3n) is 5.39. The molecule has 3 atom stereocenters. The van der Waals surface area contributed by atoms with Crippen LogP contribution in [-0.4, -0.2) is 73.3 Å². The van der Waals surface area contributed by atoms with Crippen LogP contribution in [0.4, 0.5) is 0 Å². The van der Waals surface area contributed by atoms with E-state index in [0.717, 1.165) is 50.0 Å². The summed E-state index contributed by atoms with van der Waals surface area (Å²) in [6, 6.07) is 0.864. The van der Waals surface area contributed by atoms with Crippen molar-refractivity contribution < 1.29 is 5.11 Å². The summed E-state index contributed by atoms with van der Waals surface area (Å²) in [4.78, 5) is 9.35. The zero-order chi connectivity index (χ0) is 13.9. The first-order valence-corrected chi connectivity index (χ1v) is 8.12. The van der Waals surface area contributed by atoms with Crippen molar-refractivity contribution in [3.8, 4) is 0 Å². The van der Waals surface area contributed by atoms with Crippen LogP contribution < -0.4 is 5.32 Å². The third kappa shape index (κ3) is 2.79. The number of aliphatic hydroxyl groups is 1. The first-order valence-electron chi connectivity index (χ1n) is 8.12. The highest BCUT2D eigenvalue weighted by molar-refractivity contribution is 5.79. The van der Waals surface area contributed by atoms with Gasteiger partial charge in [0.2, 0.25) is 0 Å². The van der Waals surface area contributed by atoms with E-state index < -0.39 is 0 Å². The summed E-state index contributed by atoms with van der Waals surface area (Å²) in [6.07, 6.45) is 5.89. The second-order valence-corrected chi connectivity index (χ2v) is 6.46. The molecule has 0 spiro atoms. The molecule has 0 amide bonds. The van der Waals surface area contributed by atoms with Crippen LogP contribution in [0.15, 0.2) is 4.99 Å². The number of piperazine rings is 1. The van der Waals surface area contributed by atoms with Crippen molar-refractivity contribution in [2.24, 2.45) is 16.8 Å². The van der Waals surface area contributed by atoms with Gasteiger partial charge in [0, 0.05) is 45.8 Å². The van der Waals surface area contributed by atoms with Gasteiger partial charge in [-0.3, -0.25) is 9.89 Å². The van der Waals surface area contributed by atoms with E-state index in [2.05, 4.69) is 20.1 Å². The Labute approximate surface area is 122 Å². The standard InChI is InChI=1S/C15H28N4O/c1-16-15(17-4-9-20)19-7-5-18(6-8-19)14-11-12-2-3-13(14)10-12/h12-14,20H,2-11H2,1H3,(H,16,17). The fraction of sp³-hybridized carbons (Fsp3) is 0.933. The molecule has 0 aromatic heterocycles. The highest BCUT2D eigenvalue weighted by Crippen LogP contribution is 2.46. The fourth-order valence-corrected chi connectivity index (χ4v) is 4.42. The van der Waals surface area contributed by atoms with Crippen molar-refractivity contribution in [1.29, 1.82) is 0 Å². The zero-order valence-corrected chi connectivity index (χ0v) is 12.6. The first kappa shape index (κ1) is 14.1. The molecule has 1 saturated heterocycles. The van der Waals surface area contributed by atoms with E-state index in [4.69, 9.17) is 5.11 Å². The van der Waals surface area contributed by atoms with Crippen molar-refractivity contribution in [1.82, 2.24) is 15.1 Å². The molecule has 5 heteroatoms. The lowest BCUT2D eigenvalue weighted by Gasteiger charge is -2.41. The van der Waals surface area contributed by atoms with Crippen LogP contribution in [0.3, 0.4) is 0 Å². The van der Waals surface area contributed by atoms with Crippen molar-refractivity contribution in [3.63, 3.8) is 0 Å². The molecule has 2 aliphatic carbocycles. The van der Waals surface area contributed by atoms with Crippen LogP contribution in [0.25, 0.3) is 0 Å². The summed E-state index contributed by atoms with van der Waals surface area (Å²) in [5.41, 5.74) is 0. The average Bonchev–Trinajstić information content (AvgIpc) is 3.11. The van der Waals surface area contributed by atoms with Gasteiger partial charge in [-0.05, 0) is 31.1 Å². The first-order chi connectivity index (χ1) is 9.81. The number of aliphatic imine (C=N–C) groups is 1. The Balaban J connectivity index is 1.49. The predicted molar refractivity (Wildman–Crippen MR) is 80.8 cm³/mol. The van der Waals surface area contributed by atoms with E-state index in [0.29, 0.717) is 6.54 Å². The van der Waals surface area contributed by atoms with Crippen molar-refractivity contribution in [3.05, 3.63) is 0 Å². The number of hydrogen-bond donors (Lipinski definition) is 2. The molecule has 0 aromatic carbocycles. The van der Waals surface area contributed by atoms with E-state index in [1.54, 1.807) is 0 Å². The van der Waals surface area contributed by atoms with Gasteiger partial charge < -0.3 is 15.3 Å². The smallest absolute Gasteiger partial charge is 0.193 e. The number of nitrogens with one attached hydrogen (secondary N) is 1. The van der Waals surface area contributed by atoms with Crippen LogP contribution in [0.2, 0.25) is 0 Å². The maximum atomic E-state index is 8.91. The number of nitrogens with zero attached hydrogens (tertiary/aromatic N) is 3. The molecule has 0 radical (unpaired) electrons. The second kappa shape index (κ2) is 6.31. The van der Waals surface area contributed by atoms with Gasteiger partial charge in [0.1, 0.15) is 0 Å². The minimum absolute atomic E-state index is 0.157. The van der Waals surface area contributed by atoms with Crippen molar-refractivity contribution in [2.75, 3.05) is 46.4 Å². The quantitative estimate of drug-likeness (QED) is 0.579. The lowest BCUT2D eigenvalue weighted by Crippen LogP contribution is -2.55. The highest BCUT2D eigenvalue weighted by Gasteiger charge is 2.42. The van der Waals surface area contributed by atoms with Crippen molar-refractivity contribution in [2.45, 2.75) is 31.7 Å². The summed E-state index contributed by atoms with van der Waals surface area (Å²) < 4.78 is 0. The number of rotatable bonds is 3. The number of fused-ring (bicyclic) bond motifs is 2. The number of hydrogen-bond acceptors (Lipinski definition) is 3. The lowest BCUT2D eigenvalue weighted by atomic mass is 9.93. The van der Waals surface area contributed by atoms with Crippen molar-refractivity contribution >= 4 is 5.96 Å². The van der Waals surface area contributed by atoms with Crippen LogP contribution in [0.5, 0.6) is 0 Å². The Morgan fingerprint density at radius 2 is 2.00 bits per heavy atom. The van der Waals surface area contributed by atoms with Gasteiger partial charge in [-0.1, -0.05) is 6.42 Å². The summed E-state index contributed by atoms with van der Waals surface area (Å²) in [5.74, 6) is 2.95. The van der Waals surface area contributed by atoms with Gasteiger partial charge in [-0.2, -0.15) is 0 Å². The Bertz CT molecular complexity index is 352. The van der Waals surface area contributed by atoms with Crippen LogP contribution >= 0.6 is 0 Å². The Morgan fingerprint density at radius 1 is 1.20 bits per heavy atom. The summed E-state index contributed by atoms with van der Waals surface area (Å²) in [5, 5.41) is 12.1. The topological polar surface area (TPSA) is 51.1 Å². The monoisotopic (exact) mass is 280 g/mol. The van der Waals surface area contributed by atoms with E-state index in [1.807, 2.05) is 7.05 Å². The largest absolute Gasteiger partial charge is 0.395 e. The average molecular weight is 280 g/mol. The maximum Gasteiger partial charge on any atom is 0.193 e. The molecule has 3 fully saturated rings. The van der Waals surface area contributed by atoms with E-state index in [1.165, 1.54) is 25.7 Å². The maximum absolute atomic E-state index is 8.91. The second-order valence-electron chi connectivity index (χ2n) is 6.46. The molecule has 3 aliphatic rings. The normalized spacial score (nSPS) is 34.8. The molecule has 2 N–H and O–H groups in total. The molecule has 2 saturated carbocycles. The Kier molecular flexibility index (Phi) is 4.46. The Hall–Kier alpha value is -0.810. The molecule has 1 aliphatic heterocycles. The van der Waals surface area contributed by atoms with E-state index in [-0.39, 0.29) is 6.61 Å². The minimum atomic E-state index is 0.157.